The van der Waals surface area contributed by atoms with Crippen molar-refractivity contribution in [2.75, 3.05) is 5.32 Å². The van der Waals surface area contributed by atoms with Crippen LogP contribution in [0.1, 0.15) is 33.6 Å². The molecular weight excluding hydrogens is 406 g/mol. The van der Waals surface area contributed by atoms with E-state index in [1.807, 2.05) is 20.8 Å². The fourth-order valence-electron chi connectivity index (χ4n) is 2.09. The van der Waals surface area contributed by atoms with E-state index in [4.69, 9.17) is 4.42 Å². The number of benzene rings is 1. The number of rotatable bonds is 5. The van der Waals surface area contributed by atoms with E-state index in [9.17, 15) is 13.6 Å². The Morgan fingerprint density at radius 1 is 1.25 bits per heavy atom. The highest BCUT2D eigenvalue weighted by atomic mass is 32.2. The monoisotopic (exact) mass is 424 g/mol. The summed E-state index contributed by atoms with van der Waals surface area (Å²) in [6.07, 6.45) is 0. The van der Waals surface area contributed by atoms with Gasteiger partial charge in [0.05, 0.1) is 10.9 Å². The van der Waals surface area contributed by atoms with Crippen LogP contribution in [-0.4, -0.2) is 26.3 Å². The predicted octanol–water partition coefficient (Wildman–Crippen LogP) is 4.89. The van der Waals surface area contributed by atoms with Gasteiger partial charge in [0.15, 0.2) is 16.8 Å². The number of amides is 1. The van der Waals surface area contributed by atoms with Crippen LogP contribution in [0, 0.1) is 11.6 Å². The first-order chi connectivity index (χ1) is 13.1. The van der Waals surface area contributed by atoms with E-state index < -0.39 is 16.9 Å². The van der Waals surface area contributed by atoms with Crippen molar-refractivity contribution in [1.29, 1.82) is 0 Å². The molecule has 0 unspecified atom stereocenters. The van der Waals surface area contributed by atoms with Crippen molar-refractivity contribution in [3.8, 4) is 11.3 Å². The molecule has 0 aliphatic rings. The van der Waals surface area contributed by atoms with Crippen molar-refractivity contribution in [3.05, 3.63) is 41.1 Å². The van der Waals surface area contributed by atoms with Gasteiger partial charge in [0.2, 0.25) is 11.8 Å². The summed E-state index contributed by atoms with van der Waals surface area (Å²) >= 11 is 2.34. The number of halogens is 2. The van der Waals surface area contributed by atoms with Crippen LogP contribution in [0.15, 0.2) is 33.2 Å². The summed E-state index contributed by atoms with van der Waals surface area (Å²) in [7, 11) is 0. The molecule has 0 spiro atoms. The lowest BCUT2D eigenvalue weighted by molar-refractivity contribution is -0.115. The van der Waals surface area contributed by atoms with Crippen LogP contribution in [0.3, 0.4) is 0 Å². The number of anilines is 1. The van der Waals surface area contributed by atoms with Crippen molar-refractivity contribution in [2.45, 2.75) is 43.6 Å². The second-order valence-electron chi connectivity index (χ2n) is 7.04. The van der Waals surface area contributed by atoms with Crippen LogP contribution in [0.4, 0.5) is 13.9 Å². The number of hydrogen-bond acceptors (Lipinski definition) is 7. The number of thiazole rings is 1. The summed E-state index contributed by atoms with van der Waals surface area (Å²) in [6.45, 7) is 7.58. The van der Waals surface area contributed by atoms with Gasteiger partial charge in [-0.25, -0.2) is 13.8 Å². The van der Waals surface area contributed by atoms with Crippen molar-refractivity contribution < 1.29 is 18.0 Å². The molecule has 1 aromatic carbocycles. The van der Waals surface area contributed by atoms with Crippen LogP contribution in [0.5, 0.6) is 0 Å². The highest BCUT2D eigenvalue weighted by molar-refractivity contribution is 8.00. The highest BCUT2D eigenvalue weighted by Gasteiger charge is 2.24. The molecule has 0 aliphatic carbocycles. The molecule has 2 aromatic heterocycles. The molecule has 148 valence electrons. The normalized spacial score (nSPS) is 12.8. The second-order valence-corrected chi connectivity index (χ2v) is 9.19. The molecule has 2 heterocycles. The zero-order chi connectivity index (χ0) is 20.5. The maximum absolute atomic E-state index is 13.4. The fourth-order valence-corrected chi connectivity index (χ4v) is 3.50. The molecule has 3 aromatic rings. The Kier molecular flexibility index (Phi) is 5.80. The molecular formula is C18H18F2N4O2S2. The summed E-state index contributed by atoms with van der Waals surface area (Å²) < 4.78 is 32.0. The van der Waals surface area contributed by atoms with E-state index in [0.717, 1.165) is 23.9 Å². The zero-order valence-corrected chi connectivity index (χ0v) is 17.3. The summed E-state index contributed by atoms with van der Waals surface area (Å²) in [5, 5.41) is 12.5. The predicted molar refractivity (Wildman–Crippen MR) is 104 cm³/mol. The lowest BCUT2D eigenvalue weighted by atomic mass is 9.97. The number of aromatic nitrogens is 3. The van der Waals surface area contributed by atoms with Crippen LogP contribution >= 0.6 is 23.1 Å². The molecule has 28 heavy (non-hydrogen) atoms. The average molecular weight is 424 g/mol. The number of carbonyl (C=O) groups excluding carboxylic acids is 1. The average Bonchev–Trinajstić information content (AvgIpc) is 3.26. The third kappa shape index (κ3) is 4.74. The standard InChI is InChI=1S/C18H18F2N4O2S2/c1-9(28-17-24-23-15(26-17)18(2,3)4)14(25)22-16-21-13(8-27-16)10-5-6-11(19)12(20)7-10/h5-9H,1-4H3,(H,21,22,25)/t9-/m0/s1. The Balaban J connectivity index is 1.63. The number of thioether (sulfide) groups is 1. The molecule has 10 heteroatoms. The van der Waals surface area contributed by atoms with E-state index in [-0.39, 0.29) is 11.3 Å². The van der Waals surface area contributed by atoms with E-state index in [0.29, 0.717) is 27.5 Å². The molecule has 1 atom stereocenters. The Hall–Kier alpha value is -2.33. The first kappa shape index (κ1) is 20.4. The molecule has 0 radical (unpaired) electrons. The van der Waals surface area contributed by atoms with Gasteiger partial charge in [-0.2, -0.15) is 0 Å². The number of carbonyl (C=O) groups is 1. The van der Waals surface area contributed by atoms with Gasteiger partial charge in [-0.3, -0.25) is 4.79 Å². The van der Waals surface area contributed by atoms with Gasteiger partial charge in [-0.05, 0) is 25.1 Å². The Labute approximate surface area is 168 Å². The third-order valence-electron chi connectivity index (χ3n) is 3.64. The molecule has 6 nitrogen and oxygen atoms in total. The number of nitrogens with one attached hydrogen (secondary N) is 1. The van der Waals surface area contributed by atoms with Crippen molar-refractivity contribution >= 4 is 34.1 Å². The lowest BCUT2D eigenvalue weighted by Gasteiger charge is -2.11. The summed E-state index contributed by atoms with van der Waals surface area (Å²) in [6, 6.07) is 3.54. The van der Waals surface area contributed by atoms with Crippen molar-refractivity contribution in [3.63, 3.8) is 0 Å². The minimum Gasteiger partial charge on any atom is -0.415 e. The van der Waals surface area contributed by atoms with E-state index >= 15 is 0 Å². The summed E-state index contributed by atoms with van der Waals surface area (Å²) in [4.78, 5) is 16.7. The highest BCUT2D eigenvalue weighted by Crippen LogP contribution is 2.29. The van der Waals surface area contributed by atoms with Crippen LogP contribution in [0.25, 0.3) is 11.3 Å². The largest absolute Gasteiger partial charge is 0.415 e. The van der Waals surface area contributed by atoms with E-state index in [1.165, 1.54) is 17.4 Å². The van der Waals surface area contributed by atoms with E-state index in [1.54, 1.807) is 12.3 Å². The molecule has 1 N–H and O–H groups in total. The summed E-state index contributed by atoms with van der Waals surface area (Å²) in [5.74, 6) is -1.66. The maximum atomic E-state index is 13.4. The first-order valence-electron chi connectivity index (χ1n) is 8.36. The van der Waals surface area contributed by atoms with Gasteiger partial charge in [-0.15, -0.1) is 21.5 Å². The van der Waals surface area contributed by atoms with E-state index in [2.05, 4.69) is 20.5 Å². The Morgan fingerprint density at radius 3 is 2.64 bits per heavy atom. The molecule has 0 aliphatic heterocycles. The third-order valence-corrected chi connectivity index (χ3v) is 5.34. The molecule has 0 fully saturated rings. The molecule has 0 bridgehead atoms. The topological polar surface area (TPSA) is 80.9 Å². The lowest BCUT2D eigenvalue weighted by Crippen LogP contribution is -2.22. The fraction of sp³-hybridized carbons (Fsp3) is 0.333. The molecule has 3 rings (SSSR count). The first-order valence-corrected chi connectivity index (χ1v) is 10.1. The van der Waals surface area contributed by atoms with Gasteiger partial charge >= 0.3 is 0 Å². The Bertz CT molecular complexity index is 998. The summed E-state index contributed by atoms with van der Waals surface area (Å²) in [5.41, 5.74) is 0.610. The molecule has 0 saturated carbocycles. The molecule has 0 saturated heterocycles. The van der Waals surface area contributed by atoms with Gasteiger partial charge in [0, 0.05) is 16.4 Å². The zero-order valence-electron chi connectivity index (χ0n) is 15.6. The van der Waals surface area contributed by atoms with Crippen molar-refractivity contribution in [2.24, 2.45) is 0 Å². The maximum Gasteiger partial charge on any atom is 0.277 e. The number of nitrogens with zero attached hydrogens (tertiary/aromatic N) is 3. The SMILES string of the molecule is C[C@H](Sc1nnc(C(C)(C)C)o1)C(=O)Nc1nc(-c2ccc(F)c(F)c2)cs1. The van der Waals surface area contributed by atoms with Crippen LogP contribution < -0.4 is 5.32 Å². The Morgan fingerprint density at radius 2 is 2.00 bits per heavy atom. The van der Waals surface area contributed by atoms with Crippen LogP contribution in [0.2, 0.25) is 0 Å². The van der Waals surface area contributed by atoms with Gasteiger partial charge in [0.25, 0.3) is 5.22 Å². The van der Waals surface area contributed by atoms with Crippen molar-refractivity contribution in [1.82, 2.24) is 15.2 Å². The second kappa shape index (κ2) is 7.96. The molecule has 1 amide bonds. The minimum absolute atomic E-state index is 0.269. The quantitative estimate of drug-likeness (QED) is 0.588. The smallest absolute Gasteiger partial charge is 0.277 e. The minimum atomic E-state index is -0.949. The van der Waals surface area contributed by atoms with Crippen LogP contribution in [-0.2, 0) is 10.2 Å². The van der Waals surface area contributed by atoms with Gasteiger partial charge < -0.3 is 9.73 Å². The number of hydrogen-bond donors (Lipinski definition) is 1. The van der Waals surface area contributed by atoms with Gasteiger partial charge in [-0.1, -0.05) is 32.5 Å². The van der Waals surface area contributed by atoms with Gasteiger partial charge in [0.1, 0.15) is 0 Å².